The number of benzene rings is 1. The van der Waals surface area contributed by atoms with Gasteiger partial charge in [0.1, 0.15) is 17.5 Å². The summed E-state index contributed by atoms with van der Waals surface area (Å²) in [7, 11) is 0. The van der Waals surface area contributed by atoms with Crippen LogP contribution in [0.15, 0.2) is 28.2 Å². The lowest BCUT2D eigenvalue weighted by Crippen LogP contribution is -2.26. The SMILES string of the molecule is N#CC(=Cc1ccc(F)c(Br)c1)C(=O)NC1CC1. The Morgan fingerprint density at radius 3 is 2.83 bits per heavy atom. The molecule has 18 heavy (non-hydrogen) atoms. The van der Waals surface area contributed by atoms with Crippen LogP contribution < -0.4 is 5.32 Å². The average Bonchev–Trinajstić information content (AvgIpc) is 3.14. The van der Waals surface area contributed by atoms with E-state index in [0.717, 1.165) is 12.8 Å². The maximum atomic E-state index is 13.0. The molecule has 5 heteroatoms. The van der Waals surface area contributed by atoms with Crippen LogP contribution in [-0.4, -0.2) is 11.9 Å². The number of carbonyl (C=O) groups is 1. The third kappa shape index (κ3) is 3.17. The zero-order valence-corrected chi connectivity index (χ0v) is 11.0. The minimum absolute atomic E-state index is 0.0282. The van der Waals surface area contributed by atoms with Crippen molar-refractivity contribution in [1.82, 2.24) is 5.32 Å². The molecule has 0 unspecified atom stereocenters. The molecule has 1 aromatic carbocycles. The van der Waals surface area contributed by atoms with Gasteiger partial charge in [-0.3, -0.25) is 4.79 Å². The molecule has 0 aliphatic heterocycles. The molecule has 0 aromatic heterocycles. The van der Waals surface area contributed by atoms with Gasteiger partial charge >= 0.3 is 0 Å². The highest BCUT2D eigenvalue weighted by Crippen LogP contribution is 2.21. The summed E-state index contributed by atoms with van der Waals surface area (Å²) in [6, 6.07) is 6.38. The quantitative estimate of drug-likeness (QED) is 0.689. The van der Waals surface area contributed by atoms with Crippen molar-refractivity contribution in [2.75, 3.05) is 0 Å². The Morgan fingerprint density at radius 2 is 2.28 bits per heavy atom. The summed E-state index contributed by atoms with van der Waals surface area (Å²) in [5.41, 5.74) is 0.631. The Kier molecular flexibility index (Phi) is 3.78. The molecule has 1 N–H and O–H groups in total. The first-order valence-corrected chi connectivity index (χ1v) is 6.27. The maximum Gasteiger partial charge on any atom is 0.262 e. The van der Waals surface area contributed by atoms with Crippen LogP contribution in [0.2, 0.25) is 0 Å². The number of carbonyl (C=O) groups excluding carboxylic acids is 1. The molecular formula is C13H10BrFN2O. The summed E-state index contributed by atoms with van der Waals surface area (Å²) in [5.74, 6) is -0.756. The maximum absolute atomic E-state index is 13.0. The summed E-state index contributed by atoms with van der Waals surface area (Å²) in [4.78, 5) is 11.7. The summed E-state index contributed by atoms with van der Waals surface area (Å²) in [5, 5.41) is 11.7. The molecule has 1 saturated carbocycles. The van der Waals surface area contributed by atoms with Crippen LogP contribution in [-0.2, 0) is 4.79 Å². The van der Waals surface area contributed by atoms with E-state index in [1.807, 2.05) is 6.07 Å². The van der Waals surface area contributed by atoms with Crippen molar-refractivity contribution in [2.45, 2.75) is 18.9 Å². The van der Waals surface area contributed by atoms with E-state index in [1.165, 1.54) is 24.3 Å². The van der Waals surface area contributed by atoms with Gasteiger partial charge in [0, 0.05) is 6.04 Å². The van der Waals surface area contributed by atoms with Gasteiger partial charge in [-0.05, 0) is 52.5 Å². The molecule has 0 bridgehead atoms. The smallest absolute Gasteiger partial charge is 0.262 e. The lowest BCUT2D eigenvalue weighted by molar-refractivity contribution is -0.117. The van der Waals surface area contributed by atoms with Gasteiger partial charge < -0.3 is 5.32 Å². The first-order valence-electron chi connectivity index (χ1n) is 5.48. The predicted molar refractivity (Wildman–Crippen MR) is 68.9 cm³/mol. The van der Waals surface area contributed by atoms with Crippen molar-refractivity contribution >= 4 is 27.9 Å². The van der Waals surface area contributed by atoms with E-state index in [9.17, 15) is 9.18 Å². The van der Waals surface area contributed by atoms with Crippen molar-refractivity contribution < 1.29 is 9.18 Å². The number of nitrogens with one attached hydrogen (secondary N) is 1. The molecule has 92 valence electrons. The summed E-state index contributed by atoms with van der Waals surface area (Å²) in [6.45, 7) is 0. The van der Waals surface area contributed by atoms with Gasteiger partial charge in [0.2, 0.25) is 0 Å². The first-order chi connectivity index (χ1) is 8.60. The number of nitrogens with zero attached hydrogens (tertiary/aromatic N) is 1. The van der Waals surface area contributed by atoms with Crippen LogP contribution >= 0.6 is 15.9 Å². The minimum atomic E-state index is -0.381. The van der Waals surface area contributed by atoms with Gasteiger partial charge in [-0.2, -0.15) is 5.26 Å². The second kappa shape index (κ2) is 5.32. The van der Waals surface area contributed by atoms with E-state index in [-0.39, 0.29) is 23.3 Å². The molecule has 0 atom stereocenters. The molecular weight excluding hydrogens is 299 g/mol. The van der Waals surface area contributed by atoms with E-state index in [4.69, 9.17) is 5.26 Å². The third-order valence-corrected chi connectivity index (χ3v) is 3.14. The molecule has 1 fully saturated rings. The fourth-order valence-electron chi connectivity index (χ4n) is 1.41. The predicted octanol–water partition coefficient (Wildman–Crippen LogP) is 2.77. The standard InChI is InChI=1S/C13H10BrFN2O/c14-11-6-8(1-4-12(11)15)5-9(7-16)13(18)17-10-2-3-10/h1,4-6,10H,2-3H2,(H,17,18). The van der Waals surface area contributed by atoms with Crippen molar-refractivity contribution in [2.24, 2.45) is 0 Å². The Labute approximate surface area is 112 Å². The molecule has 0 spiro atoms. The zero-order chi connectivity index (χ0) is 13.1. The Hall–Kier alpha value is -1.67. The second-order valence-corrected chi connectivity index (χ2v) is 4.95. The van der Waals surface area contributed by atoms with Gasteiger partial charge in [-0.25, -0.2) is 4.39 Å². The van der Waals surface area contributed by atoms with E-state index in [1.54, 1.807) is 0 Å². The van der Waals surface area contributed by atoms with Crippen LogP contribution in [0.25, 0.3) is 6.08 Å². The first kappa shape index (κ1) is 12.8. The van der Waals surface area contributed by atoms with Gasteiger partial charge in [-0.15, -0.1) is 0 Å². The molecule has 0 heterocycles. The molecule has 3 nitrogen and oxygen atoms in total. The summed E-state index contributed by atoms with van der Waals surface area (Å²) < 4.78 is 13.3. The van der Waals surface area contributed by atoms with E-state index < -0.39 is 0 Å². The zero-order valence-electron chi connectivity index (χ0n) is 9.41. The highest BCUT2D eigenvalue weighted by atomic mass is 79.9. The summed E-state index contributed by atoms with van der Waals surface area (Å²) in [6.07, 6.45) is 3.38. The monoisotopic (exact) mass is 308 g/mol. The van der Waals surface area contributed by atoms with Crippen molar-refractivity contribution in [3.8, 4) is 6.07 Å². The van der Waals surface area contributed by atoms with Gasteiger partial charge in [0.25, 0.3) is 5.91 Å². The Bertz CT molecular complexity index is 559. The minimum Gasteiger partial charge on any atom is -0.349 e. The second-order valence-electron chi connectivity index (χ2n) is 4.09. The number of halogens is 2. The van der Waals surface area contributed by atoms with E-state index >= 15 is 0 Å². The Morgan fingerprint density at radius 1 is 1.56 bits per heavy atom. The van der Waals surface area contributed by atoms with Crippen molar-refractivity contribution in [3.05, 3.63) is 39.6 Å². The van der Waals surface area contributed by atoms with Crippen LogP contribution in [0.3, 0.4) is 0 Å². The fourth-order valence-corrected chi connectivity index (χ4v) is 1.80. The average molecular weight is 309 g/mol. The largest absolute Gasteiger partial charge is 0.349 e. The van der Waals surface area contributed by atoms with E-state index in [0.29, 0.717) is 10.0 Å². The van der Waals surface area contributed by atoms with Gasteiger partial charge in [-0.1, -0.05) is 6.07 Å². The normalized spacial score (nSPS) is 15.1. The molecule has 0 radical (unpaired) electrons. The van der Waals surface area contributed by atoms with Gasteiger partial charge in [0.05, 0.1) is 4.47 Å². The number of hydrogen-bond acceptors (Lipinski definition) is 2. The van der Waals surface area contributed by atoms with Gasteiger partial charge in [0.15, 0.2) is 0 Å². The number of amides is 1. The van der Waals surface area contributed by atoms with Crippen LogP contribution in [0.5, 0.6) is 0 Å². The highest BCUT2D eigenvalue weighted by Gasteiger charge is 2.24. The molecule has 1 aromatic rings. The lowest BCUT2D eigenvalue weighted by atomic mass is 10.1. The third-order valence-electron chi connectivity index (χ3n) is 2.53. The topological polar surface area (TPSA) is 52.9 Å². The van der Waals surface area contributed by atoms with Crippen molar-refractivity contribution in [1.29, 1.82) is 5.26 Å². The van der Waals surface area contributed by atoms with E-state index in [2.05, 4.69) is 21.2 Å². The highest BCUT2D eigenvalue weighted by molar-refractivity contribution is 9.10. The molecule has 0 saturated heterocycles. The number of nitriles is 1. The Balaban J connectivity index is 2.19. The number of rotatable bonds is 3. The van der Waals surface area contributed by atoms with Crippen LogP contribution in [0, 0.1) is 17.1 Å². The molecule has 1 aliphatic carbocycles. The molecule has 2 rings (SSSR count). The van der Waals surface area contributed by atoms with Crippen LogP contribution in [0.4, 0.5) is 4.39 Å². The van der Waals surface area contributed by atoms with Crippen LogP contribution in [0.1, 0.15) is 18.4 Å². The number of hydrogen-bond donors (Lipinski definition) is 1. The molecule has 1 amide bonds. The fraction of sp³-hybridized carbons (Fsp3) is 0.231. The van der Waals surface area contributed by atoms with Crippen molar-refractivity contribution in [3.63, 3.8) is 0 Å². The molecule has 1 aliphatic rings. The summed E-state index contributed by atoms with van der Waals surface area (Å²) >= 11 is 3.06. The lowest BCUT2D eigenvalue weighted by Gasteiger charge is -2.02.